The lowest BCUT2D eigenvalue weighted by molar-refractivity contribution is -0.247. The zero-order valence-electron chi connectivity index (χ0n) is 38.8. The van der Waals surface area contributed by atoms with Gasteiger partial charge in [0.2, 0.25) is 0 Å². The first-order valence-electron chi connectivity index (χ1n) is 24.4. The number of benzene rings is 1. The van der Waals surface area contributed by atoms with Gasteiger partial charge in [-0.1, -0.05) is 46.3 Å². The van der Waals surface area contributed by atoms with Gasteiger partial charge in [0, 0.05) is 87.4 Å². The summed E-state index contributed by atoms with van der Waals surface area (Å²) in [6.45, 7) is 11.9. The number of aliphatic hydroxyl groups is 6. The van der Waals surface area contributed by atoms with Crippen molar-refractivity contribution in [2.75, 3.05) is 46.6 Å². The first-order valence-corrected chi connectivity index (χ1v) is 24.4. The maximum absolute atomic E-state index is 15.3. The lowest BCUT2D eigenvalue weighted by atomic mass is 9.41. The van der Waals surface area contributed by atoms with Crippen LogP contribution in [0.3, 0.4) is 0 Å². The summed E-state index contributed by atoms with van der Waals surface area (Å²) in [6, 6.07) is 2.86. The normalized spacial score (nSPS) is 46.9. The number of aromatic hydroxyl groups is 2. The average molecular weight is 894 g/mol. The molecule has 1 aliphatic heterocycles. The summed E-state index contributed by atoms with van der Waals surface area (Å²) < 4.78 is 19.4. The lowest BCUT2D eigenvalue weighted by Crippen LogP contribution is -2.70. The molecule has 1 saturated heterocycles. The molecule has 356 valence electrons. The fourth-order valence-corrected chi connectivity index (χ4v) is 16.3. The Morgan fingerprint density at radius 2 is 1.75 bits per heavy atom. The zero-order chi connectivity index (χ0) is 46.0. The molecule has 1 heterocycles. The Morgan fingerprint density at radius 1 is 1.00 bits per heavy atom. The third-order valence-electron chi connectivity index (χ3n) is 19.6. The molecular formula is C51H75NO12. The van der Waals surface area contributed by atoms with Gasteiger partial charge < -0.3 is 60.4 Å². The number of ether oxygens (including phenoxy) is 3. The largest absolute Gasteiger partial charge is 0.508 e. The van der Waals surface area contributed by atoms with E-state index in [-0.39, 0.29) is 91.9 Å². The highest BCUT2D eigenvalue weighted by Crippen LogP contribution is 2.76. The van der Waals surface area contributed by atoms with Gasteiger partial charge >= 0.3 is 0 Å². The Balaban J connectivity index is 1.13. The molecule has 0 aromatic heterocycles. The molecule has 4 saturated carbocycles. The van der Waals surface area contributed by atoms with Gasteiger partial charge in [0.1, 0.15) is 22.7 Å². The molecule has 10 rings (SSSR count). The molecule has 0 amide bonds. The fraction of sp³-hybridized carbons (Fsp3) is 0.784. The zero-order valence-corrected chi connectivity index (χ0v) is 38.8. The summed E-state index contributed by atoms with van der Waals surface area (Å²) in [5, 5.41) is 99.9. The highest BCUT2D eigenvalue weighted by atomic mass is 16.6. The predicted molar refractivity (Wildman–Crippen MR) is 237 cm³/mol. The van der Waals surface area contributed by atoms with Crippen molar-refractivity contribution in [3.05, 3.63) is 46.6 Å². The van der Waals surface area contributed by atoms with Crippen LogP contribution in [0.2, 0.25) is 0 Å². The first kappa shape index (κ1) is 46.7. The van der Waals surface area contributed by atoms with Crippen LogP contribution in [0.15, 0.2) is 35.4 Å². The highest BCUT2D eigenvalue weighted by Gasteiger charge is 2.82. The first-order chi connectivity index (χ1) is 30.3. The molecule has 13 nitrogen and oxygen atoms in total. The van der Waals surface area contributed by atoms with E-state index in [4.69, 9.17) is 14.2 Å². The van der Waals surface area contributed by atoms with Crippen LogP contribution in [-0.4, -0.2) is 134 Å². The third kappa shape index (κ3) is 6.20. The molecule has 9 aliphatic rings. The van der Waals surface area contributed by atoms with E-state index in [0.717, 1.165) is 25.0 Å². The Morgan fingerprint density at radius 3 is 2.45 bits per heavy atom. The summed E-state index contributed by atoms with van der Waals surface area (Å²) in [7, 11) is 1.64. The standard InChI is InChI=1S/C51H75NO12/c1-7-52-25-30-22-45(3)13-11-34(30)51(44(58)28(45)2)49(60,16-17-53)43-39(64-51)23-50(61)36-21-38(57)42-41-33-19-31(55)20-37(56)32(33)10-15-48(41,59)40(63-27-29(26-54)9-8-18-62-6)24-46(42,4)35(36)12-14-47(43,50)5/h19-22,28-29,34-35,39-44,52-56,58-61H,7-18,23-27H2,1-6H3. The minimum absolute atomic E-state index is 0.0504. The Labute approximate surface area is 378 Å². The van der Waals surface area contributed by atoms with E-state index in [0.29, 0.717) is 62.0 Å². The molecule has 1 spiro atoms. The Bertz CT molecular complexity index is 2060. The Kier molecular flexibility index (Phi) is 11.7. The third-order valence-corrected chi connectivity index (χ3v) is 19.6. The van der Waals surface area contributed by atoms with Gasteiger partial charge in [-0.2, -0.15) is 0 Å². The van der Waals surface area contributed by atoms with Crippen molar-refractivity contribution in [2.24, 2.45) is 51.8 Å². The van der Waals surface area contributed by atoms with Gasteiger partial charge in [0.25, 0.3) is 0 Å². The summed E-state index contributed by atoms with van der Waals surface area (Å²) in [4.78, 5) is 15.3. The van der Waals surface area contributed by atoms with E-state index >= 15 is 4.79 Å². The van der Waals surface area contributed by atoms with Gasteiger partial charge in [0.05, 0.1) is 36.1 Å². The number of likely N-dealkylation sites (N-methyl/N-ethyl adjacent to an activating group) is 1. The molecular weight excluding hydrogens is 819 g/mol. The van der Waals surface area contributed by atoms with E-state index in [9.17, 15) is 40.9 Å². The second-order valence-corrected chi connectivity index (χ2v) is 22.4. The number of hydrogen-bond donors (Lipinski definition) is 9. The molecule has 1 aromatic carbocycles. The van der Waals surface area contributed by atoms with Crippen LogP contribution in [0.25, 0.3) is 0 Å². The topological polar surface area (TPSA) is 219 Å². The maximum Gasteiger partial charge on any atom is 0.160 e. The quantitative estimate of drug-likeness (QED) is 0.100. The number of phenolic OH excluding ortho intramolecular Hbond substituents is 2. The molecule has 5 fully saturated rings. The van der Waals surface area contributed by atoms with Crippen molar-refractivity contribution >= 4 is 5.78 Å². The number of methoxy groups -OCH3 is 1. The van der Waals surface area contributed by atoms with Crippen LogP contribution < -0.4 is 5.32 Å². The molecule has 8 aliphatic carbocycles. The van der Waals surface area contributed by atoms with Gasteiger partial charge in [-0.15, -0.1) is 0 Å². The van der Waals surface area contributed by atoms with Gasteiger partial charge in [-0.3, -0.25) is 4.79 Å². The summed E-state index contributed by atoms with van der Waals surface area (Å²) >= 11 is 0. The molecule has 1 aromatic rings. The summed E-state index contributed by atoms with van der Waals surface area (Å²) in [6.07, 6.45) is 6.09. The van der Waals surface area contributed by atoms with E-state index < -0.39 is 69.3 Å². The van der Waals surface area contributed by atoms with E-state index in [2.05, 4.69) is 32.2 Å². The molecule has 17 unspecified atom stereocenters. The average Bonchev–Trinajstić information content (AvgIpc) is 3.59. The lowest BCUT2D eigenvalue weighted by Gasteiger charge is -2.65. The van der Waals surface area contributed by atoms with Gasteiger partial charge in [-0.25, -0.2) is 0 Å². The van der Waals surface area contributed by atoms with Crippen LogP contribution in [0.4, 0.5) is 0 Å². The van der Waals surface area contributed by atoms with Gasteiger partial charge in [0.15, 0.2) is 5.78 Å². The van der Waals surface area contributed by atoms with Gasteiger partial charge in [-0.05, 0) is 116 Å². The fourth-order valence-electron chi connectivity index (χ4n) is 16.3. The number of hydrogen-bond acceptors (Lipinski definition) is 13. The summed E-state index contributed by atoms with van der Waals surface area (Å²) in [5.74, 6) is -4.02. The SMILES string of the molecule is CCNCC1=CC2(C)CCC1C1(OC3CC4(O)C5=CC(=O)C6C7c8cc(O)cc(O)c8CCC7(O)C(OCC(CO)CCCOC)CC6(C)C5CCC4(C)C3C1(O)CCO)C(O)C2C. The van der Waals surface area contributed by atoms with E-state index in [1.807, 2.05) is 13.8 Å². The van der Waals surface area contributed by atoms with E-state index in [1.165, 1.54) is 6.07 Å². The number of carbonyl (C=O) groups excluding carboxylic acids is 1. The number of carbonyl (C=O) groups is 1. The van der Waals surface area contributed by atoms with Crippen LogP contribution in [0.1, 0.15) is 116 Å². The van der Waals surface area contributed by atoms with E-state index in [1.54, 1.807) is 19.3 Å². The van der Waals surface area contributed by atoms with Crippen LogP contribution in [0.5, 0.6) is 11.5 Å². The van der Waals surface area contributed by atoms with Crippen molar-refractivity contribution in [3.63, 3.8) is 0 Å². The second-order valence-electron chi connectivity index (χ2n) is 22.4. The van der Waals surface area contributed by atoms with Crippen molar-refractivity contribution in [2.45, 2.75) is 152 Å². The minimum atomic E-state index is -1.74. The number of phenols is 2. The second kappa shape index (κ2) is 16.1. The highest BCUT2D eigenvalue weighted by molar-refractivity contribution is 5.96. The van der Waals surface area contributed by atoms with Crippen LogP contribution in [-0.2, 0) is 25.4 Å². The van der Waals surface area contributed by atoms with Crippen LogP contribution >= 0.6 is 0 Å². The van der Waals surface area contributed by atoms with Crippen molar-refractivity contribution < 1.29 is 59.9 Å². The monoisotopic (exact) mass is 894 g/mol. The van der Waals surface area contributed by atoms with Crippen molar-refractivity contribution in [1.29, 1.82) is 0 Å². The number of aliphatic hydroxyl groups excluding tert-OH is 3. The molecule has 17 atom stereocenters. The summed E-state index contributed by atoms with van der Waals surface area (Å²) in [5.41, 5.74) is -5.81. The number of allylic oxidation sites excluding steroid dienone is 2. The number of nitrogens with one attached hydrogen (secondary N) is 1. The van der Waals surface area contributed by atoms with Crippen LogP contribution in [0, 0.1) is 51.8 Å². The molecule has 13 heteroatoms. The number of ketones is 1. The predicted octanol–water partition coefficient (Wildman–Crippen LogP) is 4.20. The smallest absolute Gasteiger partial charge is 0.160 e. The molecule has 64 heavy (non-hydrogen) atoms. The Hall–Kier alpha value is -2.43. The van der Waals surface area contributed by atoms with Crippen molar-refractivity contribution in [1.82, 2.24) is 5.32 Å². The molecule has 0 radical (unpaired) electrons. The van der Waals surface area contributed by atoms with Crippen molar-refractivity contribution in [3.8, 4) is 11.5 Å². The molecule has 2 bridgehead atoms. The maximum atomic E-state index is 15.3. The number of fused-ring (bicyclic) bond motifs is 13. The molecule has 9 N–H and O–H groups in total. The minimum Gasteiger partial charge on any atom is -0.508 e. The number of rotatable bonds is 13.